The number of nitrogens with zero attached hydrogens (tertiary/aromatic N) is 1. The van der Waals surface area contributed by atoms with Crippen LogP contribution in [0.5, 0.6) is 5.75 Å². The third kappa shape index (κ3) is 6.26. The maximum atomic E-state index is 12.1. The van der Waals surface area contributed by atoms with Crippen molar-refractivity contribution in [1.29, 1.82) is 0 Å². The third-order valence-corrected chi connectivity index (χ3v) is 4.80. The third-order valence-electron chi connectivity index (χ3n) is 4.39. The molecule has 0 heterocycles. The Hall–Kier alpha value is -3.97. The van der Waals surface area contributed by atoms with E-state index in [4.69, 9.17) is 16.3 Å². The SMILES string of the molecule is Cc1ccc(C(=O)Oc2ccc(C=NNC(=O)C(=O)Nc3ccc(C)c(Cl)c3)cc2)cc1. The second-order valence-corrected chi connectivity index (χ2v) is 7.35. The zero-order chi connectivity index (χ0) is 23.1. The first-order valence-electron chi connectivity index (χ1n) is 9.61. The summed E-state index contributed by atoms with van der Waals surface area (Å²) >= 11 is 6.00. The van der Waals surface area contributed by atoms with Crippen molar-refractivity contribution < 1.29 is 19.1 Å². The van der Waals surface area contributed by atoms with E-state index in [1.807, 2.05) is 26.0 Å². The molecule has 0 aliphatic carbocycles. The van der Waals surface area contributed by atoms with Gasteiger partial charge in [0.25, 0.3) is 0 Å². The number of ether oxygens (including phenoxy) is 1. The highest BCUT2D eigenvalue weighted by Crippen LogP contribution is 2.19. The zero-order valence-corrected chi connectivity index (χ0v) is 18.1. The molecule has 0 bridgehead atoms. The van der Waals surface area contributed by atoms with E-state index in [1.54, 1.807) is 54.6 Å². The van der Waals surface area contributed by atoms with Crippen LogP contribution in [0.3, 0.4) is 0 Å². The van der Waals surface area contributed by atoms with Crippen LogP contribution in [0.15, 0.2) is 71.8 Å². The summed E-state index contributed by atoms with van der Waals surface area (Å²) in [5, 5.41) is 6.69. The van der Waals surface area contributed by atoms with Gasteiger partial charge in [-0.25, -0.2) is 10.2 Å². The number of amides is 2. The van der Waals surface area contributed by atoms with Gasteiger partial charge in [0, 0.05) is 10.7 Å². The summed E-state index contributed by atoms with van der Waals surface area (Å²) in [5.41, 5.74) is 5.54. The summed E-state index contributed by atoms with van der Waals surface area (Å²) in [6.07, 6.45) is 1.36. The fourth-order valence-electron chi connectivity index (χ4n) is 2.55. The summed E-state index contributed by atoms with van der Waals surface area (Å²) in [6, 6.07) is 18.5. The van der Waals surface area contributed by atoms with Crippen molar-refractivity contribution in [2.45, 2.75) is 13.8 Å². The number of aryl methyl sites for hydroxylation is 2. The molecule has 3 rings (SSSR count). The predicted molar refractivity (Wildman–Crippen MR) is 123 cm³/mol. The van der Waals surface area contributed by atoms with Crippen LogP contribution in [0, 0.1) is 13.8 Å². The molecule has 0 unspecified atom stereocenters. The second kappa shape index (κ2) is 10.4. The van der Waals surface area contributed by atoms with Crippen molar-refractivity contribution in [1.82, 2.24) is 5.43 Å². The number of anilines is 1. The Morgan fingerprint density at radius 1 is 0.906 bits per heavy atom. The molecular weight excluding hydrogens is 430 g/mol. The van der Waals surface area contributed by atoms with Crippen LogP contribution in [-0.2, 0) is 9.59 Å². The van der Waals surface area contributed by atoms with Gasteiger partial charge >= 0.3 is 17.8 Å². The Balaban J connectivity index is 1.51. The largest absolute Gasteiger partial charge is 0.423 e. The van der Waals surface area contributed by atoms with Crippen LogP contribution >= 0.6 is 11.6 Å². The van der Waals surface area contributed by atoms with Crippen LogP contribution < -0.4 is 15.5 Å². The van der Waals surface area contributed by atoms with Gasteiger partial charge < -0.3 is 10.1 Å². The molecule has 8 heteroatoms. The van der Waals surface area contributed by atoms with E-state index < -0.39 is 17.8 Å². The molecule has 7 nitrogen and oxygen atoms in total. The monoisotopic (exact) mass is 449 g/mol. The standard InChI is InChI=1S/C24H20ClN3O4/c1-15-3-8-18(9-4-15)24(31)32-20-11-6-17(7-12-20)14-26-28-23(30)22(29)27-19-10-5-16(2)21(25)13-19/h3-14H,1-2H3,(H,27,29)(H,28,30). The van der Waals surface area contributed by atoms with Gasteiger partial charge in [-0.05, 0) is 73.5 Å². The first-order valence-corrected chi connectivity index (χ1v) is 9.99. The van der Waals surface area contributed by atoms with Gasteiger partial charge in [0.1, 0.15) is 5.75 Å². The van der Waals surface area contributed by atoms with Gasteiger partial charge in [0.15, 0.2) is 0 Å². The quantitative estimate of drug-likeness (QED) is 0.200. The number of hydrazone groups is 1. The minimum Gasteiger partial charge on any atom is -0.423 e. The van der Waals surface area contributed by atoms with Gasteiger partial charge in [-0.15, -0.1) is 0 Å². The number of carbonyl (C=O) groups is 3. The molecule has 0 fully saturated rings. The van der Waals surface area contributed by atoms with Crippen molar-refractivity contribution in [2.24, 2.45) is 5.10 Å². The molecule has 0 aliphatic heterocycles. The number of benzene rings is 3. The Kier molecular flexibility index (Phi) is 7.36. The Morgan fingerprint density at radius 3 is 2.25 bits per heavy atom. The minimum absolute atomic E-state index is 0.368. The maximum Gasteiger partial charge on any atom is 0.343 e. The molecule has 0 spiro atoms. The Morgan fingerprint density at radius 2 is 1.59 bits per heavy atom. The lowest BCUT2D eigenvalue weighted by atomic mass is 10.1. The highest BCUT2D eigenvalue weighted by atomic mass is 35.5. The average Bonchev–Trinajstić information content (AvgIpc) is 2.77. The lowest BCUT2D eigenvalue weighted by molar-refractivity contribution is -0.136. The van der Waals surface area contributed by atoms with Gasteiger partial charge in [0.05, 0.1) is 11.8 Å². The molecule has 162 valence electrons. The molecule has 0 aromatic heterocycles. The molecule has 0 aliphatic rings. The minimum atomic E-state index is -0.929. The fourth-order valence-corrected chi connectivity index (χ4v) is 2.73. The molecule has 32 heavy (non-hydrogen) atoms. The van der Waals surface area contributed by atoms with Crippen molar-refractivity contribution >= 4 is 41.3 Å². The number of hydrogen-bond acceptors (Lipinski definition) is 5. The Labute approximate surface area is 190 Å². The molecule has 3 aromatic rings. The average molecular weight is 450 g/mol. The van der Waals surface area contributed by atoms with E-state index in [0.29, 0.717) is 27.6 Å². The molecule has 2 N–H and O–H groups in total. The van der Waals surface area contributed by atoms with Crippen LogP contribution in [0.25, 0.3) is 0 Å². The summed E-state index contributed by atoms with van der Waals surface area (Å²) < 4.78 is 5.33. The molecule has 2 amide bonds. The summed E-state index contributed by atoms with van der Waals surface area (Å²) in [4.78, 5) is 36.0. The number of nitrogens with one attached hydrogen (secondary N) is 2. The van der Waals surface area contributed by atoms with Crippen LogP contribution in [0.1, 0.15) is 27.0 Å². The predicted octanol–water partition coefficient (Wildman–Crippen LogP) is 4.26. The summed E-state index contributed by atoms with van der Waals surface area (Å²) in [6.45, 7) is 3.76. The van der Waals surface area contributed by atoms with Crippen molar-refractivity contribution in [2.75, 3.05) is 5.32 Å². The fraction of sp³-hybridized carbons (Fsp3) is 0.0833. The normalized spacial score (nSPS) is 10.6. The van der Waals surface area contributed by atoms with E-state index in [-0.39, 0.29) is 0 Å². The summed E-state index contributed by atoms with van der Waals surface area (Å²) in [7, 11) is 0. The molecule has 0 atom stereocenters. The number of hydrogen-bond donors (Lipinski definition) is 2. The Bertz CT molecular complexity index is 1170. The number of carbonyl (C=O) groups excluding carboxylic acids is 3. The lowest BCUT2D eigenvalue weighted by Gasteiger charge is -2.06. The lowest BCUT2D eigenvalue weighted by Crippen LogP contribution is -2.32. The van der Waals surface area contributed by atoms with E-state index in [0.717, 1.165) is 11.1 Å². The molecular formula is C24H20ClN3O4. The zero-order valence-electron chi connectivity index (χ0n) is 17.4. The first-order chi connectivity index (χ1) is 15.3. The van der Waals surface area contributed by atoms with E-state index >= 15 is 0 Å². The van der Waals surface area contributed by atoms with E-state index in [9.17, 15) is 14.4 Å². The second-order valence-electron chi connectivity index (χ2n) is 6.94. The molecule has 3 aromatic carbocycles. The van der Waals surface area contributed by atoms with Gasteiger partial charge in [0.2, 0.25) is 0 Å². The van der Waals surface area contributed by atoms with Crippen molar-refractivity contribution in [3.63, 3.8) is 0 Å². The molecule has 0 saturated heterocycles. The maximum absolute atomic E-state index is 12.1. The smallest absolute Gasteiger partial charge is 0.343 e. The van der Waals surface area contributed by atoms with Crippen LogP contribution in [0.4, 0.5) is 5.69 Å². The number of halogens is 1. The van der Waals surface area contributed by atoms with Crippen LogP contribution in [-0.4, -0.2) is 24.0 Å². The molecule has 0 radical (unpaired) electrons. The van der Waals surface area contributed by atoms with Gasteiger partial charge in [-0.2, -0.15) is 5.10 Å². The van der Waals surface area contributed by atoms with E-state index in [1.165, 1.54) is 6.21 Å². The van der Waals surface area contributed by atoms with Crippen molar-refractivity contribution in [3.05, 3.63) is 94.0 Å². The first kappa shape index (κ1) is 22.7. The topological polar surface area (TPSA) is 96.9 Å². The highest BCUT2D eigenvalue weighted by Gasteiger charge is 2.13. The van der Waals surface area contributed by atoms with E-state index in [2.05, 4.69) is 15.8 Å². The van der Waals surface area contributed by atoms with Gasteiger partial charge in [-0.1, -0.05) is 35.4 Å². The number of esters is 1. The number of rotatable bonds is 5. The van der Waals surface area contributed by atoms with Crippen molar-refractivity contribution in [3.8, 4) is 5.75 Å². The molecule has 0 saturated carbocycles. The van der Waals surface area contributed by atoms with Crippen LogP contribution in [0.2, 0.25) is 5.02 Å². The highest BCUT2D eigenvalue weighted by molar-refractivity contribution is 6.39. The van der Waals surface area contributed by atoms with Gasteiger partial charge in [-0.3, -0.25) is 9.59 Å². The summed E-state index contributed by atoms with van der Waals surface area (Å²) in [5.74, 6) is -1.89.